The first kappa shape index (κ1) is 18.5. The molecule has 0 saturated heterocycles. The van der Waals surface area contributed by atoms with Crippen LogP contribution < -0.4 is 10.1 Å². The molecule has 0 bridgehead atoms. The molecule has 5 heteroatoms. The minimum Gasteiger partial charge on any atom is -0.491 e. The van der Waals surface area contributed by atoms with Crippen molar-refractivity contribution in [3.8, 4) is 5.75 Å². The van der Waals surface area contributed by atoms with E-state index in [1.807, 2.05) is 44.3 Å². The van der Waals surface area contributed by atoms with Crippen LogP contribution in [0.4, 0.5) is 0 Å². The Morgan fingerprint density at radius 3 is 2.46 bits per heavy atom. The van der Waals surface area contributed by atoms with E-state index < -0.39 is 6.10 Å². The lowest BCUT2D eigenvalue weighted by Crippen LogP contribution is -2.23. The predicted molar refractivity (Wildman–Crippen MR) is 96.2 cm³/mol. The smallest absolute Gasteiger partial charge is 0.119 e. The van der Waals surface area contributed by atoms with E-state index in [-0.39, 0.29) is 11.5 Å². The van der Waals surface area contributed by atoms with E-state index in [1.165, 1.54) is 0 Å². The van der Waals surface area contributed by atoms with Crippen LogP contribution >= 0.6 is 0 Å². The second-order valence-corrected chi connectivity index (χ2v) is 7.40. The standard InChI is InChI=1S/C19H29N3O2/c1-13(2)24-16-8-6-14(7-9-16)17(23)12-20-10-15-11-21-22-18(15)19(3,4)5/h6-9,11,13,17,20,23H,10,12H2,1-5H3,(H,21,22). The Bertz CT molecular complexity index is 627. The van der Waals surface area contributed by atoms with Crippen molar-refractivity contribution in [2.45, 2.75) is 58.8 Å². The number of benzene rings is 1. The molecule has 0 radical (unpaired) electrons. The fraction of sp³-hybridized carbons (Fsp3) is 0.526. The van der Waals surface area contributed by atoms with Crippen molar-refractivity contribution in [1.29, 1.82) is 0 Å². The molecule has 0 amide bonds. The molecule has 0 fully saturated rings. The number of H-pyrrole nitrogens is 1. The maximum absolute atomic E-state index is 10.3. The summed E-state index contributed by atoms with van der Waals surface area (Å²) in [7, 11) is 0. The molecule has 1 unspecified atom stereocenters. The molecule has 5 nitrogen and oxygen atoms in total. The summed E-state index contributed by atoms with van der Waals surface area (Å²) in [5.74, 6) is 0.821. The van der Waals surface area contributed by atoms with E-state index in [4.69, 9.17) is 4.74 Å². The summed E-state index contributed by atoms with van der Waals surface area (Å²) in [5.41, 5.74) is 3.16. The highest BCUT2D eigenvalue weighted by Gasteiger charge is 2.19. The Morgan fingerprint density at radius 1 is 1.21 bits per heavy atom. The van der Waals surface area contributed by atoms with Crippen molar-refractivity contribution in [1.82, 2.24) is 15.5 Å². The fourth-order valence-electron chi connectivity index (χ4n) is 2.60. The quantitative estimate of drug-likeness (QED) is 0.728. The molecule has 1 aromatic heterocycles. The Kier molecular flexibility index (Phi) is 6.02. The third-order valence-corrected chi connectivity index (χ3v) is 3.76. The van der Waals surface area contributed by atoms with Crippen molar-refractivity contribution in [2.24, 2.45) is 0 Å². The molecule has 0 spiro atoms. The van der Waals surface area contributed by atoms with Gasteiger partial charge in [-0.05, 0) is 31.5 Å². The van der Waals surface area contributed by atoms with Gasteiger partial charge in [-0.2, -0.15) is 5.10 Å². The molecule has 3 N–H and O–H groups in total. The van der Waals surface area contributed by atoms with Gasteiger partial charge in [-0.1, -0.05) is 32.9 Å². The number of rotatable bonds is 7. The van der Waals surface area contributed by atoms with Crippen molar-refractivity contribution < 1.29 is 9.84 Å². The van der Waals surface area contributed by atoms with E-state index in [2.05, 4.69) is 36.3 Å². The van der Waals surface area contributed by atoms with Crippen LogP contribution in [-0.2, 0) is 12.0 Å². The number of nitrogens with zero attached hydrogens (tertiary/aromatic N) is 1. The second-order valence-electron chi connectivity index (χ2n) is 7.40. The van der Waals surface area contributed by atoms with Gasteiger partial charge in [0.25, 0.3) is 0 Å². The lowest BCUT2D eigenvalue weighted by molar-refractivity contribution is 0.174. The number of aromatic amines is 1. The Hall–Kier alpha value is -1.85. The minimum atomic E-state index is -0.553. The van der Waals surface area contributed by atoms with Crippen LogP contribution in [0.15, 0.2) is 30.5 Å². The monoisotopic (exact) mass is 331 g/mol. The topological polar surface area (TPSA) is 70.2 Å². The molecule has 0 saturated carbocycles. The molecule has 1 atom stereocenters. The van der Waals surface area contributed by atoms with Gasteiger partial charge in [-0.15, -0.1) is 0 Å². The van der Waals surface area contributed by atoms with E-state index in [1.54, 1.807) is 0 Å². The molecule has 0 aliphatic heterocycles. The summed E-state index contributed by atoms with van der Waals surface area (Å²) in [5, 5.41) is 20.8. The molecule has 1 heterocycles. The van der Waals surface area contributed by atoms with Crippen LogP contribution in [0.1, 0.15) is 57.5 Å². The van der Waals surface area contributed by atoms with Crippen LogP contribution in [0.5, 0.6) is 5.75 Å². The van der Waals surface area contributed by atoms with Gasteiger partial charge in [-0.25, -0.2) is 0 Å². The highest BCUT2D eigenvalue weighted by Crippen LogP contribution is 2.23. The number of hydrogen-bond donors (Lipinski definition) is 3. The SMILES string of the molecule is CC(C)Oc1ccc(C(O)CNCc2cn[nH]c2C(C)(C)C)cc1. The largest absolute Gasteiger partial charge is 0.491 e. The zero-order chi connectivity index (χ0) is 17.7. The predicted octanol–water partition coefficient (Wildman–Crippen LogP) is 3.32. The number of nitrogens with one attached hydrogen (secondary N) is 2. The molecule has 0 aliphatic rings. The average molecular weight is 331 g/mol. The zero-order valence-corrected chi connectivity index (χ0v) is 15.3. The number of aliphatic hydroxyl groups excluding tert-OH is 1. The average Bonchev–Trinajstić information content (AvgIpc) is 2.96. The van der Waals surface area contributed by atoms with Gasteiger partial charge >= 0.3 is 0 Å². The van der Waals surface area contributed by atoms with Crippen LogP contribution in [0.25, 0.3) is 0 Å². The molecule has 2 aromatic rings. The van der Waals surface area contributed by atoms with Gasteiger partial charge in [0.1, 0.15) is 5.75 Å². The highest BCUT2D eigenvalue weighted by atomic mass is 16.5. The third-order valence-electron chi connectivity index (χ3n) is 3.76. The minimum absolute atomic E-state index is 0.0262. The molecular weight excluding hydrogens is 302 g/mol. The summed E-state index contributed by atoms with van der Waals surface area (Å²) >= 11 is 0. The first-order chi connectivity index (χ1) is 11.3. The summed E-state index contributed by atoms with van der Waals surface area (Å²) in [6.07, 6.45) is 1.44. The van der Waals surface area contributed by atoms with E-state index in [0.717, 1.165) is 22.6 Å². The zero-order valence-electron chi connectivity index (χ0n) is 15.3. The van der Waals surface area contributed by atoms with E-state index in [9.17, 15) is 5.11 Å². The number of ether oxygens (including phenoxy) is 1. The first-order valence-corrected chi connectivity index (χ1v) is 8.45. The maximum atomic E-state index is 10.3. The maximum Gasteiger partial charge on any atom is 0.119 e. The third kappa shape index (κ3) is 5.08. The molecule has 132 valence electrons. The van der Waals surface area contributed by atoms with Crippen LogP contribution in [0.3, 0.4) is 0 Å². The Morgan fingerprint density at radius 2 is 1.88 bits per heavy atom. The molecular formula is C19H29N3O2. The van der Waals surface area contributed by atoms with E-state index >= 15 is 0 Å². The van der Waals surface area contributed by atoms with Crippen molar-refractivity contribution >= 4 is 0 Å². The second kappa shape index (κ2) is 7.81. The normalized spacial score (nSPS) is 13.3. The molecule has 2 rings (SSSR count). The van der Waals surface area contributed by atoms with Gasteiger partial charge in [0.15, 0.2) is 0 Å². The summed E-state index contributed by atoms with van der Waals surface area (Å²) in [6.45, 7) is 11.6. The van der Waals surface area contributed by atoms with Crippen LogP contribution in [0.2, 0.25) is 0 Å². The van der Waals surface area contributed by atoms with Crippen LogP contribution in [-0.4, -0.2) is 28.0 Å². The van der Waals surface area contributed by atoms with E-state index in [0.29, 0.717) is 13.1 Å². The number of aromatic nitrogens is 2. The van der Waals surface area contributed by atoms with Gasteiger partial charge in [0, 0.05) is 29.8 Å². The molecule has 1 aromatic carbocycles. The lowest BCUT2D eigenvalue weighted by Gasteiger charge is -2.19. The van der Waals surface area contributed by atoms with Gasteiger partial charge in [-0.3, -0.25) is 5.10 Å². The fourth-order valence-corrected chi connectivity index (χ4v) is 2.60. The van der Waals surface area contributed by atoms with Gasteiger partial charge in [0.05, 0.1) is 18.4 Å². The van der Waals surface area contributed by atoms with Crippen molar-refractivity contribution in [3.63, 3.8) is 0 Å². The Labute approximate surface area is 144 Å². The Balaban J connectivity index is 1.87. The molecule has 24 heavy (non-hydrogen) atoms. The van der Waals surface area contributed by atoms with Gasteiger partial charge in [0.2, 0.25) is 0 Å². The van der Waals surface area contributed by atoms with Crippen molar-refractivity contribution in [2.75, 3.05) is 6.54 Å². The van der Waals surface area contributed by atoms with Gasteiger partial charge < -0.3 is 15.2 Å². The van der Waals surface area contributed by atoms with Crippen LogP contribution in [0, 0.1) is 0 Å². The summed E-state index contributed by atoms with van der Waals surface area (Å²) in [6, 6.07) is 7.60. The van der Waals surface area contributed by atoms with Crippen molar-refractivity contribution in [3.05, 3.63) is 47.3 Å². The number of aliphatic hydroxyl groups is 1. The lowest BCUT2D eigenvalue weighted by atomic mass is 9.89. The summed E-state index contributed by atoms with van der Waals surface area (Å²) in [4.78, 5) is 0. The number of hydrogen-bond acceptors (Lipinski definition) is 4. The summed E-state index contributed by atoms with van der Waals surface area (Å²) < 4.78 is 5.62. The molecule has 0 aliphatic carbocycles. The first-order valence-electron chi connectivity index (χ1n) is 8.45. The highest BCUT2D eigenvalue weighted by molar-refractivity contribution is 5.29.